The monoisotopic (exact) mass is 204 g/mol. The summed E-state index contributed by atoms with van der Waals surface area (Å²) in [6.45, 7) is 0.482. The Morgan fingerprint density at radius 3 is 2.43 bits per heavy atom. The van der Waals surface area contributed by atoms with Gasteiger partial charge in [-0.2, -0.15) is 0 Å². The molecule has 7 N–H and O–H groups in total. The second kappa shape index (κ2) is 9.39. The molecule has 0 amide bonds. The molecule has 14 heavy (non-hydrogen) atoms. The predicted molar refractivity (Wildman–Crippen MR) is 50.3 cm³/mol. The Hall–Kier alpha value is -1.70. The van der Waals surface area contributed by atoms with Crippen molar-refractivity contribution in [1.82, 2.24) is 10.9 Å². The van der Waals surface area contributed by atoms with Gasteiger partial charge in [0, 0.05) is 6.54 Å². The number of nitroso groups, excluding NO2 is 1. The van der Waals surface area contributed by atoms with Crippen LogP contribution in [0.5, 0.6) is 0 Å². The molecule has 0 heterocycles. The van der Waals surface area contributed by atoms with Gasteiger partial charge < -0.3 is 21.9 Å². The zero-order chi connectivity index (χ0) is 11.6. The molecule has 0 aromatic carbocycles. The number of carboxylic acid groups (broad SMARTS) is 1. The van der Waals surface area contributed by atoms with Crippen LogP contribution in [-0.4, -0.2) is 29.6 Å². The molecule has 0 saturated heterocycles. The maximum Gasteiger partial charge on any atom is 0.813 e. The van der Waals surface area contributed by atoms with Crippen LogP contribution in [-0.2, 0) is 4.79 Å². The number of rotatable bonds is 5. The molecule has 0 aliphatic rings. The van der Waals surface area contributed by atoms with Gasteiger partial charge in [-0.05, 0) is 12.8 Å². The van der Waals surface area contributed by atoms with Crippen molar-refractivity contribution < 1.29 is 9.90 Å². The second-order valence-electron chi connectivity index (χ2n) is 2.43. The van der Waals surface area contributed by atoms with Gasteiger partial charge in [0.25, 0.3) is 0 Å². The Labute approximate surface area is 80.9 Å². The number of nitrogens with one attached hydrogen (secondary N) is 2. The molecule has 8 nitrogen and oxygen atoms in total. The number of guanidine groups is 1. The quantitative estimate of drug-likeness (QED) is 0.201. The first kappa shape index (κ1) is 14.8. The summed E-state index contributed by atoms with van der Waals surface area (Å²) >= 11 is 0. The van der Waals surface area contributed by atoms with E-state index in [9.17, 15) is 4.79 Å². The normalized spacial score (nSPS) is 10.6. The minimum Gasteiger partial charge on any atom is -0.480 e. The molecule has 0 fully saturated rings. The Morgan fingerprint density at radius 1 is 1.57 bits per heavy atom. The zero-order valence-corrected chi connectivity index (χ0v) is 7.56. The van der Waals surface area contributed by atoms with Crippen molar-refractivity contribution in [2.75, 3.05) is 6.54 Å². The zero-order valence-electron chi connectivity index (χ0n) is 7.56. The number of aliphatic carboxylic acids is 1. The largest absolute Gasteiger partial charge is 0.813 e. The van der Waals surface area contributed by atoms with Crippen molar-refractivity contribution in [2.24, 2.45) is 11.5 Å². The number of nitrogens with two attached hydrogens (primary N) is 2. The van der Waals surface area contributed by atoms with E-state index in [1.165, 1.54) is 0 Å². The van der Waals surface area contributed by atoms with Crippen LogP contribution in [0.15, 0.2) is 0 Å². The lowest BCUT2D eigenvalue weighted by molar-refractivity contribution is -0.138. The Morgan fingerprint density at radius 2 is 2.07 bits per heavy atom. The first-order valence-corrected chi connectivity index (χ1v) is 3.78. The highest BCUT2D eigenvalue weighted by atomic mass is 16.4. The van der Waals surface area contributed by atoms with E-state index in [-0.39, 0.29) is 5.96 Å². The number of nitrogens with zero attached hydrogens (tertiary/aromatic N) is 1. The summed E-state index contributed by atoms with van der Waals surface area (Å²) in [4.78, 5) is 17.5. The minimum absolute atomic E-state index is 0.112. The van der Waals surface area contributed by atoms with Gasteiger partial charge in [-0.25, -0.2) is 0 Å². The number of hydrogen-bond acceptors (Lipinski definition) is 4. The molecular formula is C6H14N5O3+. The maximum atomic E-state index is 10.2. The molecule has 1 atom stereocenters. The third-order valence-corrected chi connectivity index (χ3v) is 1.32. The summed E-state index contributed by atoms with van der Waals surface area (Å²) in [6, 6.07) is -0.821. The van der Waals surface area contributed by atoms with Crippen molar-refractivity contribution in [1.29, 1.82) is 5.41 Å². The van der Waals surface area contributed by atoms with Gasteiger partial charge in [0.2, 0.25) is 0 Å². The molecule has 0 aliphatic carbocycles. The van der Waals surface area contributed by atoms with Crippen LogP contribution < -0.4 is 22.4 Å². The van der Waals surface area contributed by atoms with Crippen LogP contribution in [0.25, 0.3) is 0 Å². The SMILES string of the molecule is N=C(N)NCCC[C@H](N)C(=O)O.[N+]=O. The molecule has 80 valence electrons. The van der Waals surface area contributed by atoms with Crippen LogP contribution >= 0.6 is 0 Å². The number of carbonyl (C=O) groups is 1. The fourth-order valence-electron chi connectivity index (χ4n) is 0.669. The molecule has 0 bridgehead atoms. The van der Waals surface area contributed by atoms with E-state index in [1.807, 2.05) is 0 Å². The van der Waals surface area contributed by atoms with Gasteiger partial charge in [-0.15, -0.1) is 0 Å². The van der Waals surface area contributed by atoms with Crippen molar-refractivity contribution in [3.63, 3.8) is 0 Å². The lowest BCUT2D eigenvalue weighted by atomic mass is 10.2. The number of carboxylic acids is 1. The lowest BCUT2D eigenvalue weighted by Gasteiger charge is -2.06. The average Bonchev–Trinajstić information content (AvgIpc) is 2.15. The maximum absolute atomic E-state index is 10.2. The summed E-state index contributed by atoms with van der Waals surface area (Å²) < 4.78 is 0. The van der Waals surface area contributed by atoms with E-state index >= 15 is 0 Å². The van der Waals surface area contributed by atoms with E-state index in [0.717, 1.165) is 0 Å². The molecule has 0 rings (SSSR count). The van der Waals surface area contributed by atoms with Gasteiger partial charge in [0.1, 0.15) is 6.04 Å². The van der Waals surface area contributed by atoms with E-state index in [4.69, 9.17) is 32.5 Å². The molecule has 0 spiro atoms. The van der Waals surface area contributed by atoms with Crippen LogP contribution in [0.2, 0.25) is 0 Å². The summed E-state index contributed by atoms with van der Waals surface area (Å²) in [7, 11) is 0. The molecule has 2 radical (unpaired) electrons. The van der Waals surface area contributed by atoms with Gasteiger partial charge in [0.05, 0.1) is 0 Å². The highest BCUT2D eigenvalue weighted by molar-refractivity contribution is 5.74. The third kappa shape index (κ3) is 10.3. The van der Waals surface area contributed by atoms with E-state index in [1.54, 1.807) is 0 Å². The van der Waals surface area contributed by atoms with Gasteiger partial charge in [-0.1, -0.05) is 0 Å². The fourth-order valence-corrected chi connectivity index (χ4v) is 0.669. The Bertz CT molecular complexity index is 186. The van der Waals surface area contributed by atoms with Crippen molar-refractivity contribution >= 4 is 11.9 Å². The van der Waals surface area contributed by atoms with E-state index in [2.05, 4.69) is 5.32 Å². The predicted octanol–water partition coefficient (Wildman–Crippen LogP) is -1.79. The summed E-state index contributed by atoms with van der Waals surface area (Å²) in [6.07, 6.45) is 0.975. The highest BCUT2D eigenvalue weighted by Crippen LogP contribution is 1.92. The summed E-state index contributed by atoms with van der Waals surface area (Å²) in [5.41, 5.74) is 16.0. The van der Waals surface area contributed by atoms with Crippen LogP contribution in [0, 0.1) is 10.3 Å². The van der Waals surface area contributed by atoms with Gasteiger partial charge in [0.15, 0.2) is 10.9 Å². The van der Waals surface area contributed by atoms with Crippen LogP contribution in [0.3, 0.4) is 0 Å². The fraction of sp³-hybridized carbons (Fsp3) is 0.667. The molecule has 8 heteroatoms. The van der Waals surface area contributed by atoms with Crippen molar-refractivity contribution in [3.8, 4) is 0 Å². The van der Waals surface area contributed by atoms with Crippen molar-refractivity contribution in [3.05, 3.63) is 4.91 Å². The Balaban J connectivity index is 0. The summed E-state index contributed by atoms with van der Waals surface area (Å²) in [5.74, 6) is -1.11. The third-order valence-electron chi connectivity index (χ3n) is 1.32. The van der Waals surface area contributed by atoms with Crippen LogP contribution in [0.4, 0.5) is 0 Å². The summed E-state index contributed by atoms with van der Waals surface area (Å²) in [5, 5.41) is 17.7. The molecular weight excluding hydrogens is 190 g/mol. The topological polar surface area (TPSA) is 165 Å². The average molecular weight is 204 g/mol. The van der Waals surface area contributed by atoms with Crippen molar-refractivity contribution in [2.45, 2.75) is 18.9 Å². The van der Waals surface area contributed by atoms with E-state index in [0.29, 0.717) is 19.4 Å². The standard InChI is InChI=1S/C6H14N4O2.NO/c7-4(5(11)12)2-1-3-10-6(8)9;1-2/h4H,1-3,7H2,(H,11,12)(H4,8,9,10);/q;+1/t4-;/m0./s1. The van der Waals surface area contributed by atoms with Crippen LogP contribution in [0.1, 0.15) is 12.8 Å². The smallest absolute Gasteiger partial charge is 0.480 e. The Kier molecular flexibility index (Phi) is 9.93. The molecule has 0 aliphatic heterocycles. The molecule has 0 aromatic rings. The first-order chi connectivity index (χ1) is 6.54. The molecule has 0 aromatic heterocycles. The highest BCUT2D eigenvalue weighted by Gasteiger charge is 2.09. The lowest BCUT2D eigenvalue weighted by Crippen LogP contribution is -2.34. The molecule has 0 saturated carbocycles. The van der Waals surface area contributed by atoms with Gasteiger partial charge in [-0.3, -0.25) is 10.2 Å². The number of hydrogen-bond donors (Lipinski definition) is 5. The minimum atomic E-state index is -1.00. The second-order valence-corrected chi connectivity index (χ2v) is 2.43. The molecule has 0 unspecified atom stereocenters. The first-order valence-electron chi connectivity index (χ1n) is 3.78. The van der Waals surface area contributed by atoms with Gasteiger partial charge >= 0.3 is 11.6 Å². The van der Waals surface area contributed by atoms with E-state index < -0.39 is 12.0 Å².